The van der Waals surface area contributed by atoms with Gasteiger partial charge in [0.05, 0.1) is 23.1 Å². The summed E-state index contributed by atoms with van der Waals surface area (Å²) >= 11 is 0. The lowest BCUT2D eigenvalue weighted by Crippen LogP contribution is -2.33. The number of benzene rings is 2. The number of imide groups is 1. The molecule has 2 aliphatic heterocycles. The molecule has 2 saturated heterocycles. The van der Waals surface area contributed by atoms with Crippen LogP contribution in [0.15, 0.2) is 54.6 Å². The summed E-state index contributed by atoms with van der Waals surface area (Å²) in [6.45, 7) is 3.78. The third-order valence-corrected chi connectivity index (χ3v) is 7.00. The second kappa shape index (κ2) is 8.85. The van der Waals surface area contributed by atoms with E-state index >= 15 is 0 Å². The van der Waals surface area contributed by atoms with Crippen molar-refractivity contribution in [2.75, 3.05) is 28.2 Å². The number of piperidine rings is 1. The Labute approximate surface area is 194 Å². The number of rotatable bonds is 4. The number of hydrogen-bond donors (Lipinski definition) is 1. The average molecular weight is 444 g/mol. The number of fused-ring (bicyclic) bond motifs is 1. The summed E-state index contributed by atoms with van der Waals surface area (Å²) in [5.41, 5.74) is 3.65. The number of hydrogen-bond acceptors (Lipinski definition) is 4. The zero-order valence-corrected chi connectivity index (χ0v) is 18.9. The summed E-state index contributed by atoms with van der Waals surface area (Å²) < 4.78 is 0. The Bertz CT molecular complexity index is 1090. The van der Waals surface area contributed by atoms with E-state index in [9.17, 15) is 14.4 Å². The highest BCUT2D eigenvalue weighted by Crippen LogP contribution is 2.39. The van der Waals surface area contributed by atoms with Crippen molar-refractivity contribution in [2.24, 2.45) is 11.8 Å². The van der Waals surface area contributed by atoms with Crippen molar-refractivity contribution in [3.63, 3.8) is 0 Å². The monoisotopic (exact) mass is 443 g/mol. The topological polar surface area (TPSA) is 69.7 Å². The van der Waals surface area contributed by atoms with Gasteiger partial charge in [-0.3, -0.25) is 19.3 Å². The fourth-order valence-electron chi connectivity index (χ4n) is 5.15. The Morgan fingerprint density at radius 2 is 1.52 bits per heavy atom. The van der Waals surface area contributed by atoms with Gasteiger partial charge in [0.25, 0.3) is 5.91 Å². The van der Waals surface area contributed by atoms with Crippen molar-refractivity contribution >= 4 is 34.8 Å². The first-order chi connectivity index (χ1) is 16.0. The summed E-state index contributed by atoms with van der Waals surface area (Å²) in [7, 11) is 0. The highest BCUT2D eigenvalue weighted by Gasteiger charge is 2.48. The SMILES string of the molecule is Cc1ccc(NC(=O)c2cc(N3C(=O)[C@H]4CC=CC[C@@H]4C3=O)ccc2N2CCCCC2)cc1. The van der Waals surface area contributed by atoms with Gasteiger partial charge >= 0.3 is 0 Å². The minimum Gasteiger partial charge on any atom is -0.371 e. The molecule has 2 atom stereocenters. The number of aryl methyl sites for hydroxylation is 1. The minimum atomic E-state index is -0.297. The molecule has 3 aliphatic rings. The van der Waals surface area contributed by atoms with E-state index in [2.05, 4.69) is 10.2 Å². The van der Waals surface area contributed by atoms with Crippen LogP contribution in [0.1, 0.15) is 48.0 Å². The van der Waals surface area contributed by atoms with Crippen LogP contribution >= 0.6 is 0 Å². The van der Waals surface area contributed by atoms with Crippen molar-refractivity contribution in [3.05, 3.63) is 65.7 Å². The summed E-state index contributed by atoms with van der Waals surface area (Å²) in [6, 6.07) is 13.1. The molecular formula is C27H29N3O3. The molecule has 6 heteroatoms. The largest absolute Gasteiger partial charge is 0.371 e. The Balaban J connectivity index is 1.50. The molecule has 3 amide bonds. The molecule has 6 nitrogen and oxygen atoms in total. The molecule has 2 fully saturated rings. The number of nitrogens with one attached hydrogen (secondary N) is 1. The first kappa shape index (κ1) is 21.4. The predicted octanol–water partition coefficient (Wildman–Crippen LogP) is 4.69. The van der Waals surface area contributed by atoms with Crippen LogP contribution < -0.4 is 15.1 Å². The van der Waals surface area contributed by atoms with E-state index in [1.54, 1.807) is 6.07 Å². The molecule has 170 valence electrons. The maximum Gasteiger partial charge on any atom is 0.257 e. The van der Waals surface area contributed by atoms with Gasteiger partial charge in [0.1, 0.15) is 0 Å². The van der Waals surface area contributed by atoms with Crippen LogP contribution in [0.5, 0.6) is 0 Å². The van der Waals surface area contributed by atoms with Crippen molar-refractivity contribution < 1.29 is 14.4 Å². The third-order valence-electron chi connectivity index (χ3n) is 7.00. The maximum atomic E-state index is 13.4. The second-order valence-electron chi connectivity index (χ2n) is 9.24. The quantitative estimate of drug-likeness (QED) is 0.550. The fraction of sp³-hybridized carbons (Fsp3) is 0.370. The summed E-state index contributed by atoms with van der Waals surface area (Å²) in [5, 5.41) is 2.99. The van der Waals surface area contributed by atoms with E-state index < -0.39 is 0 Å². The van der Waals surface area contributed by atoms with Crippen LogP contribution in [0.25, 0.3) is 0 Å². The minimum absolute atomic E-state index is 0.162. The van der Waals surface area contributed by atoms with E-state index in [-0.39, 0.29) is 29.6 Å². The number of allylic oxidation sites excluding steroid dienone is 2. The van der Waals surface area contributed by atoms with E-state index in [1.165, 1.54) is 11.3 Å². The van der Waals surface area contributed by atoms with Gasteiger partial charge in [-0.05, 0) is 69.4 Å². The molecule has 5 rings (SSSR count). The lowest BCUT2D eigenvalue weighted by molar-refractivity contribution is -0.122. The van der Waals surface area contributed by atoms with Crippen LogP contribution in [-0.4, -0.2) is 30.8 Å². The van der Waals surface area contributed by atoms with Gasteiger partial charge in [0.15, 0.2) is 0 Å². The maximum absolute atomic E-state index is 13.4. The van der Waals surface area contributed by atoms with Crippen molar-refractivity contribution in [1.29, 1.82) is 0 Å². The van der Waals surface area contributed by atoms with Crippen molar-refractivity contribution in [1.82, 2.24) is 0 Å². The summed E-state index contributed by atoms with van der Waals surface area (Å²) in [5.74, 6) is -1.16. The van der Waals surface area contributed by atoms with E-state index in [1.807, 2.05) is 55.5 Å². The van der Waals surface area contributed by atoms with Crippen LogP contribution in [-0.2, 0) is 9.59 Å². The van der Waals surface area contributed by atoms with Crippen molar-refractivity contribution in [2.45, 2.75) is 39.0 Å². The van der Waals surface area contributed by atoms with E-state index in [0.717, 1.165) is 37.2 Å². The molecule has 33 heavy (non-hydrogen) atoms. The highest BCUT2D eigenvalue weighted by molar-refractivity contribution is 6.23. The molecule has 2 aromatic carbocycles. The molecular weight excluding hydrogens is 414 g/mol. The Kier molecular flexibility index (Phi) is 5.75. The summed E-state index contributed by atoms with van der Waals surface area (Å²) in [4.78, 5) is 43.1. The number of anilines is 3. The van der Waals surface area contributed by atoms with E-state index in [4.69, 9.17) is 0 Å². The van der Waals surface area contributed by atoms with Crippen LogP contribution in [0.4, 0.5) is 17.1 Å². The van der Waals surface area contributed by atoms with Gasteiger partial charge in [-0.1, -0.05) is 29.8 Å². The molecule has 0 aromatic heterocycles. The Hall–Kier alpha value is -3.41. The number of carbonyl (C=O) groups is 3. The first-order valence-electron chi connectivity index (χ1n) is 11.8. The van der Waals surface area contributed by atoms with Gasteiger partial charge in [0.2, 0.25) is 11.8 Å². The van der Waals surface area contributed by atoms with Crippen LogP contribution in [0.2, 0.25) is 0 Å². The third kappa shape index (κ3) is 4.06. The molecule has 2 aromatic rings. The lowest BCUT2D eigenvalue weighted by atomic mass is 9.85. The van der Waals surface area contributed by atoms with Gasteiger partial charge in [0, 0.05) is 24.5 Å². The fourth-order valence-corrected chi connectivity index (χ4v) is 5.15. The number of carbonyl (C=O) groups excluding carboxylic acids is 3. The molecule has 1 N–H and O–H groups in total. The highest BCUT2D eigenvalue weighted by atomic mass is 16.2. The predicted molar refractivity (Wildman–Crippen MR) is 129 cm³/mol. The zero-order valence-electron chi connectivity index (χ0n) is 18.9. The van der Waals surface area contributed by atoms with Crippen LogP contribution in [0, 0.1) is 18.8 Å². The summed E-state index contributed by atoms with van der Waals surface area (Å²) in [6.07, 6.45) is 8.51. The standard InChI is InChI=1S/C27H29N3O3/c1-18-9-11-19(12-10-18)28-25(31)23-17-20(13-14-24(23)29-15-5-2-6-16-29)30-26(32)21-7-3-4-8-22(21)27(30)33/h3-4,9-14,17,21-22H,2,5-8,15-16H2,1H3,(H,28,31)/t21-,22-/m0/s1. The zero-order chi connectivity index (χ0) is 22.9. The van der Waals surface area contributed by atoms with Crippen molar-refractivity contribution in [3.8, 4) is 0 Å². The molecule has 0 radical (unpaired) electrons. The molecule has 0 saturated carbocycles. The molecule has 0 bridgehead atoms. The van der Waals surface area contributed by atoms with Crippen LogP contribution in [0.3, 0.4) is 0 Å². The smallest absolute Gasteiger partial charge is 0.257 e. The van der Waals surface area contributed by atoms with Gasteiger partial charge < -0.3 is 10.2 Å². The molecule has 0 unspecified atom stereocenters. The Morgan fingerprint density at radius 1 is 0.879 bits per heavy atom. The average Bonchev–Trinajstić information content (AvgIpc) is 3.11. The lowest BCUT2D eigenvalue weighted by Gasteiger charge is -2.31. The first-order valence-corrected chi connectivity index (χ1v) is 11.8. The second-order valence-corrected chi connectivity index (χ2v) is 9.24. The number of nitrogens with zero attached hydrogens (tertiary/aromatic N) is 2. The van der Waals surface area contributed by atoms with Gasteiger partial charge in [-0.15, -0.1) is 0 Å². The normalized spacial score (nSPS) is 22.5. The van der Waals surface area contributed by atoms with E-state index in [0.29, 0.717) is 29.8 Å². The number of amides is 3. The Morgan fingerprint density at radius 3 is 2.15 bits per heavy atom. The van der Waals surface area contributed by atoms with Gasteiger partial charge in [-0.2, -0.15) is 0 Å². The molecule has 2 heterocycles. The molecule has 1 aliphatic carbocycles. The molecule has 0 spiro atoms. The van der Waals surface area contributed by atoms with Gasteiger partial charge in [-0.25, -0.2) is 0 Å².